The van der Waals surface area contributed by atoms with Crippen LogP contribution in [0.5, 0.6) is 0 Å². The van der Waals surface area contributed by atoms with Crippen LogP contribution in [0.4, 0.5) is 22.0 Å². The maximum atomic E-state index is 11.5. The molecule has 0 saturated carbocycles. The molecule has 0 heterocycles. The number of hydrogen-bond donors (Lipinski definition) is 1. The van der Waals surface area contributed by atoms with Crippen LogP contribution in [0.3, 0.4) is 0 Å². The maximum Gasteiger partial charge on any atom is 0.389 e. The number of rotatable bonds is 3. The first-order valence-electron chi connectivity index (χ1n) is 2.93. The third-order valence-electron chi connectivity index (χ3n) is 1.08. The molecule has 0 amide bonds. The molecular weight excluding hydrogens is 169 g/mol. The Labute approximate surface area is 60.4 Å². The van der Waals surface area contributed by atoms with Gasteiger partial charge in [-0.15, -0.1) is 0 Å². The van der Waals surface area contributed by atoms with E-state index in [0.717, 1.165) is 0 Å². The van der Waals surface area contributed by atoms with Crippen LogP contribution in [0.1, 0.15) is 12.8 Å². The van der Waals surface area contributed by atoms with Gasteiger partial charge >= 0.3 is 6.18 Å². The normalized spacial score (nSPS) is 15.5. The van der Waals surface area contributed by atoms with Crippen molar-refractivity contribution in [1.29, 1.82) is 0 Å². The van der Waals surface area contributed by atoms with Gasteiger partial charge in [0.15, 0.2) is 0 Å². The lowest BCUT2D eigenvalue weighted by atomic mass is 10.2. The number of hydrogen-bond acceptors (Lipinski definition) is 1. The van der Waals surface area contributed by atoms with Gasteiger partial charge in [0.1, 0.15) is 0 Å². The third-order valence-corrected chi connectivity index (χ3v) is 1.08. The summed E-state index contributed by atoms with van der Waals surface area (Å²) in [5.74, 6) is 0. The second-order valence-corrected chi connectivity index (χ2v) is 2.15. The summed E-state index contributed by atoms with van der Waals surface area (Å²) in [5, 5.41) is 0. The average Bonchev–Trinajstić information content (AvgIpc) is 1.80. The van der Waals surface area contributed by atoms with Crippen LogP contribution >= 0.6 is 0 Å². The Kier molecular flexibility index (Phi) is 3.71. The Bertz CT molecular complexity index is 110. The predicted molar refractivity (Wildman–Crippen MR) is 29.3 cm³/mol. The summed E-state index contributed by atoms with van der Waals surface area (Å²) in [7, 11) is 0. The molecule has 0 saturated heterocycles. The molecule has 1 atom stereocenters. The molecule has 0 fully saturated rings. The van der Waals surface area contributed by atoms with Crippen LogP contribution in [-0.2, 0) is 0 Å². The van der Waals surface area contributed by atoms with Gasteiger partial charge in [-0.2, -0.15) is 13.2 Å². The quantitative estimate of drug-likeness (QED) is 0.655. The van der Waals surface area contributed by atoms with E-state index in [2.05, 4.69) is 5.73 Å². The van der Waals surface area contributed by atoms with E-state index in [1.807, 2.05) is 0 Å². The highest BCUT2D eigenvalue weighted by Gasteiger charge is 2.29. The van der Waals surface area contributed by atoms with Gasteiger partial charge in [-0.1, -0.05) is 0 Å². The van der Waals surface area contributed by atoms with Gasteiger partial charge in [0.2, 0.25) is 0 Å². The smallest absolute Gasteiger partial charge is 0.323 e. The molecule has 1 unspecified atom stereocenters. The van der Waals surface area contributed by atoms with E-state index in [1.54, 1.807) is 0 Å². The Hall–Kier alpha value is -0.390. The predicted octanol–water partition coefficient (Wildman–Crippen LogP) is 1.92. The summed E-state index contributed by atoms with van der Waals surface area (Å²) >= 11 is 0. The number of halogens is 5. The van der Waals surface area contributed by atoms with Gasteiger partial charge in [-0.25, -0.2) is 8.78 Å². The first-order valence-corrected chi connectivity index (χ1v) is 2.93. The molecule has 11 heavy (non-hydrogen) atoms. The molecule has 0 radical (unpaired) electrons. The van der Waals surface area contributed by atoms with Crippen molar-refractivity contribution in [2.24, 2.45) is 5.73 Å². The van der Waals surface area contributed by atoms with Crippen molar-refractivity contribution in [1.82, 2.24) is 0 Å². The SMILES string of the molecule is NC(CCC(F)(F)F)C(F)F. The second kappa shape index (κ2) is 3.85. The lowest BCUT2D eigenvalue weighted by Crippen LogP contribution is -2.30. The van der Waals surface area contributed by atoms with Crippen molar-refractivity contribution in [3.8, 4) is 0 Å². The molecular formula is C5H8F5N. The fourth-order valence-corrected chi connectivity index (χ4v) is 0.456. The fourth-order valence-electron chi connectivity index (χ4n) is 0.456. The maximum absolute atomic E-state index is 11.5. The topological polar surface area (TPSA) is 26.0 Å². The average molecular weight is 177 g/mol. The van der Waals surface area contributed by atoms with Crippen molar-refractivity contribution in [3.63, 3.8) is 0 Å². The minimum atomic E-state index is -4.40. The van der Waals surface area contributed by atoms with Crippen LogP contribution in [0.25, 0.3) is 0 Å². The van der Waals surface area contributed by atoms with Crippen LogP contribution in [0, 0.1) is 0 Å². The van der Waals surface area contributed by atoms with E-state index < -0.39 is 31.5 Å². The lowest BCUT2D eigenvalue weighted by Gasteiger charge is -2.11. The highest BCUT2D eigenvalue weighted by atomic mass is 19.4. The largest absolute Gasteiger partial charge is 0.389 e. The standard InChI is InChI=1S/C5H8F5N/c6-4(7)3(11)1-2-5(8,9)10/h3-4H,1-2,11H2. The molecule has 68 valence electrons. The van der Waals surface area contributed by atoms with Gasteiger partial charge in [-0.3, -0.25) is 0 Å². The van der Waals surface area contributed by atoms with E-state index >= 15 is 0 Å². The molecule has 0 bridgehead atoms. The first kappa shape index (κ1) is 10.6. The van der Waals surface area contributed by atoms with Crippen molar-refractivity contribution >= 4 is 0 Å². The zero-order valence-corrected chi connectivity index (χ0v) is 5.54. The lowest BCUT2D eigenvalue weighted by molar-refractivity contribution is -0.137. The zero-order valence-electron chi connectivity index (χ0n) is 5.54. The molecule has 6 heteroatoms. The van der Waals surface area contributed by atoms with Crippen molar-refractivity contribution < 1.29 is 22.0 Å². The van der Waals surface area contributed by atoms with Crippen LogP contribution < -0.4 is 5.73 Å². The number of alkyl halides is 5. The monoisotopic (exact) mass is 177 g/mol. The summed E-state index contributed by atoms with van der Waals surface area (Å²) in [6, 6.07) is -1.67. The van der Waals surface area contributed by atoms with E-state index in [1.165, 1.54) is 0 Å². The zero-order chi connectivity index (χ0) is 9.07. The van der Waals surface area contributed by atoms with Crippen molar-refractivity contribution in [2.45, 2.75) is 31.5 Å². The number of nitrogens with two attached hydrogens (primary N) is 1. The molecule has 0 aliphatic heterocycles. The Morgan fingerprint density at radius 3 is 1.91 bits per heavy atom. The van der Waals surface area contributed by atoms with E-state index in [9.17, 15) is 22.0 Å². The van der Waals surface area contributed by atoms with Crippen molar-refractivity contribution in [2.75, 3.05) is 0 Å². The Morgan fingerprint density at radius 1 is 1.18 bits per heavy atom. The van der Waals surface area contributed by atoms with E-state index in [4.69, 9.17) is 0 Å². The summed E-state index contributed by atoms with van der Waals surface area (Å²) in [6.45, 7) is 0. The Balaban J connectivity index is 3.54. The molecule has 0 aromatic heterocycles. The van der Waals surface area contributed by atoms with Crippen molar-refractivity contribution in [3.05, 3.63) is 0 Å². The Morgan fingerprint density at radius 2 is 1.64 bits per heavy atom. The highest BCUT2D eigenvalue weighted by molar-refractivity contribution is 4.65. The molecule has 2 N–H and O–H groups in total. The van der Waals surface area contributed by atoms with Crippen LogP contribution in [0.2, 0.25) is 0 Å². The molecule has 0 spiro atoms. The van der Waals surface area contributed by atoms with Crippen LogP contribution in [-0.4, -0.2) is 18.6 Å². The molecule has 1 nitrogen and oxygen atoms in total. The summed E-state index contributed by atoms with van der Waals surface area (Å²) in [5.41, 5.74) is 4.67. The highest BCUT2D eigenvalue weighted by Crippen LogP contribution is 2.22. The summed E-state index contributed by atoms with van der Waals surface area (Å²) < 4.78 is 57.2. The van der Waals surface area contributed by atoms with Gasteiger partial charge in [0.05, 0.1) is 6.04 Å². The van der Waals surface area contributed by atoms with Gasteiger partial charge in [0, 0.05) is 6.42 Å². The van der Waals surface area contributed by atoms with E-state index in [0.29, 0.717) is 0 Å². The third kappa shape index (κ3) is 6.03. The minimum Gasteiger partial charge on any atom is -0.323 e. The molecule has 0 aliphatic carbocycles. The van der Waals surface area contributed by atoms with E-state index in [-0.39, 0.29) is 0 Å². The van der Waals surface area contributed by atoms with Gasteiger partial charge in [-0.05, 0) is 6.42 Å². The molecule has 0 aromatic carbocycles. The molecule has 0 aliphatic rings. The summed E-state index contributed by atoms with van der Waals surface area (Å²) in [6.07, 6.45) is -9.25. The van der Waals surface area contributed by atoms with Gasteiger partial charge < -0.3 is 5.73 Å². The summed E-state index contributed by atoms with van der Waals surface area (Å²) in [4.78, 5) is 0. The second-order valence-electron chi connectivity index (χ2n) is 2.15. The molecule has 0 rings (SSSR count). The fraction of sp³-hybridized carbons (Fsp3) is 1.00. The molecule has 0 aromatic rings. The van der Waals surface area contributed by atoms with Crippen LogP contribution in [0.15, 0.2) is 0 Å². The van der Waals surface area contributed by atoms with Gasteiger partial charge in [0.25, 0.3) is 6.43 Å². The minimum absolute atomic E-state index is 0.721. The first-order chi connectivity index (χ1) is 4.83.